The Kier molecular flexibility index (Phi) is 4.57. The molecule has 0 spiro atoms. The number of benzene rings is 1. The minimum atomic E-state index is -0.862. The van der Waals surface area contributed by atoms with Gasteiger partial charge in [0.2, 0.25) is 0 Å². The molecule has 0 bridgehead atoms. The fourth-order valence-corrected chi connectivity index (χ4v) is 1.44. The Morgan fingerprint density at radius 3 is 2.56 bits per heavy atom. The molecule has 86 valence electrons. The van der Waals surface area contributed by atoms with Crippen molar-refractivity contribution in [2.24, 2.45) is 5.11 Å². The lowest BCUT2D eigenvalue weighted by Crippen LogP contribution is -2.20. The van der Waals surface area contributed by atoms with E-state index < -0.39 is 18.8 Å². The lowest BCUT2D eigenvalue weighted by molar-refractivity contribution is 0.0722. The third-order valence-electron chi connectivity index (χ3n) is 2.23. The number of hydrogen-bond acceptors (Lipinski definition) is 3. The summed E-state index contributed by atoms with van der Waals surface area (Å²) in [5, 5.41) is 3.36. The normalized spacial score (nSPS) is 13.9. The van der Waals surface area contributed by atoms with Gasteiger partial charge in [-0.05, 0) is 23.2 Å². The van der Waals surface area contributed by atoms with E-state index in [9.17, 15) is 4.39 Å². The molecule has 0 aliphatic heterocycles. The van der Waals surface area contributed by atoms with Gasteiger partial charge < -0.3 is 10.5 Å². The van der Waals surface area contributed by atoms with Gasteiger partial charge in [0.15, 0.2) is 0 Å². The van der Waals surface area contributed by atoms with E-state index in [1.54, 1.807) is 24.3 Å². The van der Waals surface area contributed by atoms with E-state index in [2.05, 4.69) is 10.0 Å². The fourth-order valence-electron chi connectivity index (χ4n) is 1.44. The third kappa shape index (κ3) is 2.85. The van der Waals surface area contributed by atoms with Crippen LogP contribution in [0.2, 0.25) is 0 Å². The average molecular weight is 224 g/mol. The van der Waals surface area contributed by atoms with Crippen LogP contribution in [0.5, 0.6) is 0 Å². The highest BCUT2D eigenvalue weighted by molar-refractivity contribution is 5.40. The van der Waals surface area contributed by atoms with E-state index in [4.69, 9.17) is 16.0 Å². The predicted molar refractivity (Wildman–Crippen MR) is 59.5 cm³/mol. The van der Waals surface area contributed by atoms with Gasteiger partial charge in [-0.15, -0.1) is 0 Å². The summed E-state index contributed by atoms with van der Waals surface area (Å²) in [5.74, 6) is 0. The van der Waals surface area contributed by atoms with Gasteiger partial charge in [0.25, 0.3) is 0 Å². The first kappa shape index (κ1) is 12.3. The number of azide groups is 1. The van der Waals surface area contributed by atoms with E-state index in [1.807, 2.05) is 0 Å². The SMILES string of the molecule is CO[C@H](c1ccc(N)cc1)[C@@H](CF)N=[N+]=[N-]. The molecule has 0 aliphatic carbocycles. The summed E-state index contributed by atoms with van der Waals surface area (Å²) in [5.41, 5.74) is 15.2. The van der Waals surface area contributed by atoms with Gasteiger partial charge in [-0.25, -0.2) is 0 Å². The summed E-state index contributed by atoms with van der Waals surface area (Å²) in [6, 6.07) is 5.95. The molecule has 0 aromatic heterocycles. The van der Waals surface area contributed by atoms with Crippen molar-refractivity contribution in [3.05, 3.63) is 40.3 Å². The first-order chi connectivity index (χ1) is 7.72. The molecule has 6 heteroatoms. The third-order valence-corrected chi connectivity index (χ3v) is 2.23. The minimum absolute atomic E-state index is 0.596. The second kappa shape index (κ2) is 5.95. The molecule has 1 aromatic rings. The van der Waals surface area contributed by atoms with E-state index >= 15 is 0 Å². The van der Waals surface area contributed by atoms with Gasteiger partial charge >= 0.3 is 0 Å². The Hall–Kier alpha value is -1.78. The number of nitrogen functional groups attached to an aromatic ring is 1. The quantitative estimate of drug-likeness (QED) is 0.361. The Bertz CT molecular complexity index is 375. The van der Waals surface area contributed by atoms with Crippen molar-refractivity contribution >= 4 is 5.69 Å². The number of methoxy groups -OCH3 is 1. The molecular weight excluding hydrogens is 211 g/mol. The number of halogens is 1. The summed E-state index contributed by atoms with van der Waals surface area (Å²) < 4.78 is 17.8. The molecule has 0 radical (unpaired) electrons. The van der Waals surface area contributed by atoms with Crippen LogP contribution in [0.3, 0.4) is 0 Å². The van der Waals surface area contributed by atoms with Gasteiger partial charge in [-0.3, -0.25) is 4.39 Å². The van der Waals surface area contributed by atoms with Crippen LogP contribution in [0.25, 0.3) is 10.4 Å². The molecule has 0 amide bonds. The number of hydrogen-bond donors (Lipinski definition) is 1. The Labute approximate surface area is 92.6 Å². The molecule has 0 saturated carbocycles. The monoisotopic (exact) mass is 224 g/mol. The van der Waals surface area contributed by atoms with Gasteiger partial charge in [0.05, 0.1) is 12.1 Å². The van der Waals surface area contributed by atoms with Crippen molar-refractivity contribution in [3.63, 3.8) is 0 Å². The molecule has 2 N–H and O–H groups in total. The van der Waals surface area contributed by atoms with Crippen LogP contribution in [0.4, 0.5) is 10.1 Å². The number of anilines is 1. The number of rotatable bonds is 5. The maximum absolute atomic E-state index is 12.7. The highest BCUT2D eigenvalue weighted by atomic mass is 19.1. The van der Waals surface area contributed by atoms with Crippen LogP contribution < -0.4 is 5.73 Å². The van der Waals surface area contributed by atoms with Crippen LogP contribution in [-0.2, 0) is 4.74 Å². The summed E-state index contributed by atoms with van der Waals surface area (Å²) in [6.45, 7) is -0.771. The zero-order valence-electron chi connectivity index (χ0n) is 8.88. The molecule has 1 rings (SSSR count). The zero-order chi connectivity index (χ0) is 12.0. The van der Waals surface area contributed by atoms with Gasteiger partial charge in [0, 0.05) is 17.7 Å². The average Bonchev–Trinajstić information content (AvgIpc) is 2.31. The Morgan fingerprint density at radius 2 is 2.12 bits per heavy atom. The van der Waals surface area contributed by atoms with E-state index in [0.29, 0.717) is 5.69 Å². The zero-order valence-corrected chi connectivity index (χ0v) is 8.88. The molecule has 16 heavy (non-hydrogen) atoms. The molecule has 1 aromatic carbocycles. The molecular formula is C10H13FN4O. The molecule has 0 fully saturated rings. The molecule has 0 saturated heterocycles. The lowest BCUT2D eigenvalue weighted by Gasteiger charge is -2.20. The summed E-state index contributed by atoms with van der Waals surface area (Å²) >= 11 is 0. The number of ether oxygens (including phenoxy) is 1. The first-order valence-corrected chi connectivity index (χ1v) is 4.71. The largest absolute Gasteiger partial charge is 0.399 e. The molecule has 0 unspecified atom stereocenters. The number of alkyl halides is 1. The highest BCUT2D eigenvalue weighted by Crippen LogP contribution is 2.24. The smallest absolute Gasteiger partial charge is 0.101 e. The molecule has 5 nitrogen and oxygen atoms in total. The molecule has 0 aliphatic rings. The molecule has 0 heterocycles. The van der Waals surface area contributed by atoms with Gasteiger partial charge in [0.1, 0.15) is 6.67 Å². The number of nitrogens with two attached hydrogens (primary N) is 1. The van der Waals surface area contributed by atoms with E-state index in [1.165, 1.54) is 7.11 Å². The highest BCUT2D eigenvalue weighted by Gasteiger charge is 2.21. The second-order valence-electron chi connectivity index (χ2n) is 3.25. The fraction of sp³-hybridized carbons (Fsp3) is 0.400. The van der Waals surface area contributed by atoms with Crippen LogP contribution in [0.1, 0.15) is 11.7 Å². The lowest BCUT2D eigenvalue weighted by atomic mass is 10.0. The number of nitrogens with zero attached hydrogens (tertiary/aromatic N) is 3. The van der Waals surface area contributed by atoms with E-state index in [-0.39, 0.29) is 0 Å². The van der Waals surface area contributed by atoms with Crippen molar-refractivity contribution in [2.45, 2.75) is 12.1 Å². The predicted octanol–water partition coefficient (Wildman–Crippen LogP) is 2.60. The topological polar surface area (TPSA) is 84.0 Å². The summed E-state index contributed by atoms with van der Waals surface area (Å²) in [4.78, 5) is 2.60. The summed E-state index contributed by atoms with van der Waals surface area (Å²) in [7, 11) is 1.44. The van der Waals surface area contributed by atoms with Crippen LogP contribution in [0.15, 0.2) is 29.4 Å². The molecule has 2 atom stereocenters. The van der Waals surface area contributed by atoms with Crippen molar-refractivity contribution < 1.29 is 9.13 Å². The van der Waals surface area contributed by atoms with Crippen LogP contribution in [0, 0.1) is 0 Å². The summed E-state index contributed by atoms with van der Waals surface area (Å²) in [6.07, 6.45) is -0.596. The van der Waals surface area contributed by atoms with Crippen molar-refractivity contribution in [3.8, 4) is 0 Å². The van der Waals surface area contributed by atoms with Crippen LogP contribution >= 0.6 is 0 Å². The van der Waals surface area contributed by atoms with Gasteiger partial charge in [-0.1, -0.05) is 17.2 Å². The Morgan fingerprint density at radius 1 is 1.50 bits per heavy atom. The Balaban J connectivity index is 2.96. The maximum Gasteiger partial charge on any atom is 0.101 e. The standard InChI is InChI=1S/C10H13FN4O/c1-16-10(9(6-11)14-15-13)7-2-4-8(12)5-3-7/h2-5,9-10H,6,12H2,1H3/t9-,10-/m1/s1. The van der Waals surface area contributed by atoms with Crippen molar-refractivity contribution in [1.29, 1.82) is 0 Å². The van der Waals surface area contributed by atoms with Gasteiger partial charge in [-0.2, -0.15) is 0 Å². The minimum Gasteiger partial charge on any atom is -0.399 e. The second-order valence-corrected chi connectivity index (χ2v) is 3.25. The first-order valence-electron chi connectivity index (χ1n) is 4.71. The maximum atomic E-state index is 12.7. The van der Waals surface area contributed by atoms with Crippen molar-refractivity contribution in [2.75, 3.05) is 19.5 Å². The van der Waals surface area contributed by atoms with E-state index in [0.717, 1.165) is 5.56 Å². The van der Waals surface area contributed by atoms with Crippen LogP contribution in [-0.4, -0.2) is 19.8 Å². The van der Waals surface area contributed by atoms with Crippen molar-refractivity contribution in [1.82, 2.24) is 0 Å².